The molecule has 0 unspecified atom stereocenters. The molecular formula is C10H17FO5. The molecule has 16 heavy (non-hydrogen) atoms. The van der Waals surface area contributed by atoms with Crippen molar-refractivity contribution in [3.63, 3.8) is 0 Å². The molecule has 1 aliphatic rings. The highest BCUT2D eigenvalue weighted by atomic mass is 19.1. The van der Waals surface area contributed by atoms with E-state index in [0.29, 0.717) is 0 Å². The second-order valence-corrected chi connectivity index (χ2v) is 3.67. The summed E-state index contributed by atoms with van der Waals surface area (Å²) in [5, 5.41) is 0. The molecule has 0 saturated carbocycles. The standard InChI is InChI=1S/C10H17FO5/c1-5-7(16-6(2)12)8(13-3)9(14-4)10(11)15-5/h5,7-10H,1-4H3/t5-,7-,8-,9-,10+/m1/s1. The number of hydrogen-bond acceptors (Lipinski definition) is 5. The van der Waals surface area contributed by atoms with E-state index in [4.69, 9.17) is 18.9 Å². The number of esters is 1. The molecule has 0 radical (unpaired) electrons. The summed E-state index contributed by atoms with van der Waals surface area (Å²) in [6.45, 7) is 2.90. The van der Waals surface area contributed by atoms with Crippen molar-refractivity contribution in [1.29, 1.82) is 0 Å². The molecule has 1 fully saturated rings. The van der Waals surface area contributed by atoms with Crippen molar-refractivity contribution < 1.29 is 28.1 Å². The van der Waals surface area contributed by atoms with Crippen LogP contribution in [0.2, 0.25) is 0 Å². The quantitative estimate of drug-likeness (QED) is 0.674. The lowest BCUT2D eigenvalue weighted by molar-refractivity contribution is -0.269. The van der Waals surface area contributed by atoms with E-state index < -0.39 is 36.7 Å². The maximum atomic E-state index is 13.5. The molecule has 0 aromatic rings. The molecule has 0 spiro atoms. The highest BCUT2D eigenvalue weighted by molar-refractivity contribution is 5.66. The molecular weight excluding hydrogens is 219 g/mol. The van der Waals surface area contributed by atoms with E-state index in [1.807, 2.05) is 0 Å². The van der Waals surface area contributed by atoms with Gasteiger partial charge in [-0.25, -0.2) is 4.39 Å². The molecule has 6 heteroatoms. The summed E-state index contributed by atoms with van der Waals surface area (Å²) in [7, 11) is 2.77. The fourth-order valence-electron chi connectivity index (χ4n) is 1.83. The number of rotatable bonds is 3. The Bertz CT molecular complexity index is 247. The summed E-state index contributed by atoms with van der Waals surface area (Å²) in [6, 6.07) is 0. The number of halogens is 1. The van der Waals surface area contributed by atoms with Gasteiger partial charge >= 0.3 is 5.97 Å². The Morgan fingerprint density at radius 1 is 1.19 bits per heavy atom. The van der Waals surface area contributed by atoms with E-state index in [1.54, 1.807) is 6.92 Å². The normalized spacial score (nSPS) is 39.4. The number of carbonyl (C=O) groups is 1. The third kappa shape index (κ3) is 2.69. The molecule has 5 nitrogen and oxygen atoms in total. The predicted molar refractivity (Wildman–Crippen MR) is 52.6 cm³/mol. The van der Waals surface area contributed by atoms with Gasteiger partial charge in [0.25, 0.3) is 0 Å². The van der Waals surface area contributed by atoms with E-state index >= 15 is 0 Å². The van der Waals surface area contributed by atoms with Crippen LogP contribution >= 0.6 is 0 Å². The Hall–Kier alpha value is -0.720. The van der Waals surface area contributed by atoms with Gasteiger partial charge in [-0.15, -0.1) is 0 Å². The van der Waals surface area contributed by atoms with Gasteiger partial charge in [0.1, 0.15) is 12.2 Å². The van der Waals surface area contributed by atoms with Crippen molar-refractivity contribution in [3.05, 3.63) is 0 Å². The van der Waals surface area contributed by atoms with Crippen molar-refractivity contribution in [2.45, 2.75) is 44.6 Å². The molecule has 0 bridgehead atoms. The van der Waals surface area contributed by atoms with Crippen LogP contribution in [0.25, 0.3) is 0 Å². The molecule has 0 amide bonds. The second-order valence-electron chi connectivity index (χ2n) is 3.67. The van der Waals surface area contributed by atoms with Gasteiger partial charge in [-0.1, -0.05) is 0 Å². The molecule has 1 aliphatic heterocycles. The molecule has 0 N–H and O–H groups in total. The fourth-order valence-corrected chi connectivity index (χ4v) is 1.83. The molecule has 0 aromatic heterocycles. The summed E-state index contributed by atoms with van der Waals surface area (Å²) in [5.41, 5.74) is 0. The highest BCUT2D eigenvalue weighted by Gasteiger charge is 2.47. The lowest BCUT2D eigenvalue weighted by Crippen LogP contribution is -2.58. The lowest BCUT2D eigenvalue weighted by atomic mass is 10.00. The number of hydrogen-bond donors (Lipinski definition) is 0. The summed E-state index contributed by atoms with van der Waals surface area (Å²) < 4.78 is 33.6. The van der Waals surface area contributed by atoms with Gasteiger partial charge in [-0.3, -0.25) is 4.79 Å². The van der Waals surface area contributed by atoms with Gasteiger partial charge in [0, 0.05) is 21.1 Å². The van der Waals surface area contributed by atoms with E-state index in [1.165, 1.54) is 21.1 Å². The maximum Gasteiger partial charge on any atom is 0.303 e. The van der Waals surface area contributed by atoms with Crippen LogP contribution in [-0.4, -0.2) is 51.0 Å². The SMILES string of the molecule is CO[C@H]1[C@@H](OC)[C@@H](F)O[C@H](C)[C@H]1OC(C)=O. The number of ether oxygens (including phenoxy) is 4. The smallest absolute Gasteiger partial charge is 0.303 e. The fraction of sp³-hybridized carbons (Fsp3) is 0.900. The minimum Gasteiger partial charge on any atom is -0.457 e. The van der Waals surface area contributed by atoms with Crippen molar-refractivity contribution in [3.8, 4) is 0 Å². The second kappa shape index (κ2) is 5.56. The molecule has 0 aromatic carbocycles. The van der Waals surface area contributed by atoms with Gasteiger partial charge in [0.15, 0.2) is 6.10 Å². The van der Waals surface area contributed by atoms with Gasteiger partial charge in [0.05, 0.1) is 6.10 Å². The summed E-state index contributed by atoms with van der Waals surface area (Å²) in [5.74, 6) is -0.463. The first-order valence-corrected chi connectivity index (χ1v) is 5.03. The highest BCUT2D eigenvalue weighted by Crippen LogP contribution is 2.27. The van der Waals surface area contributed by atoms with Crippen LogP contribution in [0.4, 0.5) is 4.39 Å². The number of methoxy groups -OCH3 is 2. The predicted octanol–water partition coefficient (Wildman–Crippen LogP) is 0.662. The summed E-state index contributed by atoms with van der Waals surface area (Å²) in [6.07, 6.45) is -4.40. The van der Waals surface area contributed by atoms with E-state index in [0.717, 1.165) is 0 Å². The monoisotopic (exact) mass is 236 g/mol. The molecule has 1 rings (SSSR count). The zero-order chi connectivity index (χ0) is 12.3. The Morgan fingerprint density at radius 2 is 1.75 bits per heavy atom. The molecule has 1 saturated heterocycles. The number of carbonyl (C=O) groups excluding carboxylic acids is 1. The molecule has 94 valence electrons. The first-order chi connectivity index (χ1) is 7.51. The van der Waals surface area contributed by atoms with E-state index in [9.17, 15) is 9.18 Å². The van der Waals surface area contributed by atoms with Crippen LogP contribution in [0.15, 0.2) is 0 Å². The third-order valence-electron chi connectivity index (χ3n) is 2.56. The Labute approximate surface area is 93.8 Å². The maximum absolute atomic E-state index is 13.5. The van der Waals surface area contributed by atoms with Gasteiger partial charge < -0.3 is 18.9 Å². The Balaban J connectivity index is 2.82. The van der Waals surface area contributed by atoms with Crippen molar-refractivity contribution >= 4 is 5.97 Å². The largest absolute Gasteiger partial charge is 0.457 e. The van der Waals surface area contributed by atoms with Crippen LogP contribution in [0.5, 0.6) is 0 Å². The van der Waals surface area contributed by atoms with Crippen LogP contribution < -0.4 is 0 Å². The molecule has 5 atom stereocenters. The summed E-state index contributed by atoms with van der Waals surface area (Å²) in [4.78, 5) is 10.9. The van der Waals surface area contributed by atoms with Gasteiger partial charge in [-0.2, -0.15) is 0 Å². The lowest BCUT2D eigenvalue weighted by Gasteiger charge is -2.40. The van der Waals surface area contributed by atoms with Crippen molar-refractivity contribution in [2.24, 2.45) is 0 Å². The first-order valence-electron chi connectivity index (χ1n) is 5.03. The van der Waals surface area contributed by atoms with Gasteiger partial charge in [-0.05, 0) is 6.92 Å². The van der Waals surface area contributed by atoms with Crippen LogP contribution in [-0.2, 0) is 23.7 Å². The average Bonchev–Trinajstić information content (AvgIpc) is 2.20. The zero-order valence-electron chi connectivity index (χ0n) is 9.81. The third-order valence-corrected chi connectivity index (χ3v) is 2.56. The molecule has 0 aliphatic carbocycles. The van der Waals surface area contributed by atoms with Crippen LogP contribution in [0.1, 0.15) is 13.8 Å². The topological polar surface area (TPSA) is 54.0 Å². The Morgan fingerprint density at radius 3 is 2.19 bits per heavy atom. The van der Waals surface area contributed by atoms with Crippen molar-refractivity contribution in [2.75, 3.05) is 14.2 Å². The first kappa shape index (κ1) is 13.3. The van der Waals surface area contributed by atoms with E-state index in [2.05, 4.69) is 0 Å². The zero-order valence-corrected chi connectivity index (χ0v) is 9.81. The van der Waals surface area contributed by atoms with Gasteiger partial charge in [0.2, 0.25) is 6.36 Å². The average molecular weight is 236 g/mol. The Kier molecular flexibility index (Phi) is 4.64. The number of alkyl halides is 1. The summed E-state index contributed by atoms with van der Waals surface area (Å²) >= 11 is 0. The van der Waals surface area contributed by atoms with E-state index in [-0.39, 0.29) is 0 Å². The minimum absolute atomic E-state index is 0.463. The van der Waals surface area contributed by atoms with Crippen molar-refractivity contribution in [1.82, 2.24) is 0 Å². The van der Waals surface area contributed by atoms with Crippen LogP contribution in [0, 0.1) is 0 Å². The molecule has 1 heterocycles. The van der Waals surface area contributed by atoms with Crippen LogP contribution in [0.3, 0.4) is 0 Å². The minimum atomic E-state index is -1.59.